The Hall–Kier alpha value is -5.23. The molecule has 2 heterocycles. The Bertz CT molecular complexity index is 1990. The lowest BCUT2D eigenvalue weighted by Crippen LogP contribution is -2.40. The molecular formula is C34H33N3O8S. The maximum absolute atomic E-state index is 14.1. The summed E-state index contributed by atoms with van der Waals surface area (Å²) in [6, 6.07) is 17.9. The van der Waals surface area contributed by atoms with Crippen molar-refractivity contribution in [3.8, 4) is 17.2 Å². The molecule has 5 rings (SSSR count). The molecule has 0 bridgehead atoms. The first-order chi connectivity index (χ1) is 22.1. The summed E-state index contributed by atoms with van der Waals surface area (Å²) in [7, 11) is 1.53. The maximum Gasteiger partial charge on any atom is 0.338 e. The topological polar surface area (TPSA) is 131 Å². The summed E-state index contributed by atoms with van der Waals surface area (Å²) in [6.45, 7) is 7.61. The van der Waals surface area contributed by atoms with E-state index < -0.39 is 16.9 Å². The van der Waals surface area contributed by atoms with Crippen molar-refractivity contribution in [3.63, 3.8) is 0 Å². The number of fused-ring (bicyclic) bond motifs is 1. The van der Waals surface area contributed by atoms with Gasteiger partial charge in [0.2, 0.25) is 0 Å². The molecule has 46 heavy (non-hydrogen) atoms. The normalized spacial score (nSPS) is 14.5. The molecule has 11 nitrogen and oxygen atoms in total. The number of rotatable bonds is 11. The van der Waals surface area contributed by atoms with Crippen molar-refractivity contribution in [2.45, 2.75) is 46.4 Å². The molecule has 0 N–H and O–H groups in total. The van der Waals surface area contributed by atoms with Gasteiger partial charge in [-0.15, -0.1) is 0 Å². The summed E-state index contributed by atoms with van der Waals surface area (Å²) >= 11 is 1.20. The summed E-state index contributed by atoms with van der Waals surface area (Å²) in [4.78, 5) is 43.0. The van der Waals surface area contributed by atoms with Crippen LogP contribution in [-0.2, 0) is 16.1 Å². The number of carbonyl (C=O) groups is 1. The number of nitro benzene ring substituents is 1. The van der Waals surface area contributed by atoms with Gasteiger partial charge in [0.25, 0.3) is 11.2 Å². The SMILES string of the molecule is CCOC(=O)C1=C(C)N=c2s/c(=C\c3ccccc3OCc3ccc([N+](=O)[O-])cc3)c(=O)n2[C@H]1c1ccc(OC(C)C)c(OC)c1. The van der Waals surface area contributed by atoms with Gasteiger partial charge < -0.3 is 18.9 Å². The molecule has 0 radical (unpaired) electrons. The van der Waals surface area contributed by atoms with Gasteiger partial charge in [-0.2, -0.15) is 0 Å². The molecule has 0 aliphatic carbocycles. The first-order valence-corrected chi connectivity index (χ1v) is 15.4. The van der Waals surface area contributed by atoms with Crippen LogP contribution in [0.5, 0.6) is 17.2 Å². The van der Waals surface area contributed by atoms with Crippen molar-refractivity contribution < 1.29 is 28.7 Å². The third kappa shape index (κ3) is 6.71. The Morgan fingerprint density at radius 2 is 1.83 bits per heavy atom. The van der Waals surface area contributed by atoms with Crippen LogP contribution in [0.15, 0.2) is 87.8 Å². The Balaban J connectivity index is 1.58. The van der Waals surface area contributed by atoms with E-state index in [1.807, 2.05) is 32.0 Å². The second kappa shape index (κ2) is 13.8. The molecule has 1 aliphatic rings. The van der Waals surface area contributed by atoms with Crippen molar-refractivity contribution >= 4 is 29.1 Å². The van der Waals surface area contributed by atoms with Crippen molar-refractivity contribution in [1.29, 1.82) is 0 Å². The fraction of sp³-hybridized carbons (Fsp3) is 0.265. The summed E-state index contributed by atoms with van der Waals surface area (Å²) in [5.74, 6) is 0.967. The van der Waals surface area contributed by atoms with E-state index in [1.54, 1.807) is 56.3 Å². The van der Waals surface area contributed by atoms with E-state index in [2.05, 4.69) is 4.99 Å². The quantitative estimate of drug-likeness (QED) is 0.126. The molecule has 12 heteroatoms. The highest BCUT2D eigenvalue weighted by atomic mass is 32.1. The number of nitrogens with zero attached hydrogens (tertiary/aromatic N) is 3. The Kier molecular flexibility index (Phi) is 9.67. The fourth-order valence-electron chi connectivity index (χ4n) is 5.06. The van der Waals surface area contributed by atoms with E-state index in [1.165, 1.54) is 35.1 Å². The first-order valence-electron chi connectivity index (χ1n) is 14.6. The minimum Gasteiger partial charge on any atom is -0.493 e. The minimum atomic E-state index is -0.826. The number of thiazole rings is 1. The summed E-state index contributed by atoms with van der Waals surface area (Å²) < 4.78 is 24.9. The van der Waals surface area contributed by atoms with E-state index >= 15 is 0 Å². The average Bonchev–Trinajstić information content (AvgIpc) is 3.33. The van der Waals surface area contributed by atoms with Crippen LogP contribution in [0.2, 0.25) is 0 Å². The third-order valence-corrected chi connectivity index (χ3v) is 8.11. The number of non-ortho nitro benzene ring substituents is 1. The van der Waals surface area contributed by atoms with Gasteiger partial charge >= 0.3 is 5.97 Å². The van der Waals surface area contributed by atoms with Gasteiger partial charge in [-0.3, -0.25) is 19.5 Å². The van der Waals surface area contributed by atoms with Crippen LogP contribution < -0.4 is 29.1 Å². The van der Waals surface area contributed by atoms with Crippen LogP contribution in [0.3, 0.4) is 0 Å². The van der Waals surface area contributed by atoms with Crippen LogP contribution in [0.4, 0.5) is 5.69 Å². The van der Waals surface area contributed by atoms with E-state index in [4.69, 9.17) is 18.9 Å². The highest BCUT2D eigenvalue weighted by molar-refractivity contribution is 7.07. The molecule has 4 aromatic rings. The molecule has 0 unspecified atom stereocenters. The second-order valence-corrected chi connectivity index (χ2v) is 11.6. The lowest BCUT2D eigenvalue weighted by molar-refractivity contribution is -0.384. The zero-order valence-electron chi connectivity index (χ0n) is 26.0. The number of para-hydroxylation sites is 1. The predicted octanol–water partition coefficient (Wildman–Crippen LogP) is 5.08. The number of benzene rings is 3. The number of aromatic nitrogens is 1. The summed E-state index contributed by atoms with van der Waals surface area (Å²) in [6.07, 6.45) is 1.64. The number of nitro groups is 1. The molecule has 3 aromatic carbocycles. The van der Waals surface area contributed by atoms with Gasteiger partial charge in [-0.1, -0.05) is 35.6 Å². The van der Waals surface area contributed by atoms with E-state index in [9.17, 15) is 19.7 Å². The number of carbonyl (C=O) groups excluding carboxylic acids is 1. The Morgan fingerprint density at radius 1 is 1.09 bits per heavy atom. The largest absolute Gasteiger partial charge is 0.493 e. The Morgan fingerprint density at radius 3 is 2.50 bits per heavy atom. The third-order valence-electron chi connectivity index (χ3n) is 7.13. The number of methoxy groups -OCH3 is 1. The van der Waals surface area contributed by atoms with Crippen LogP contribution in [0.1, 0.15) is 50.4 Å². The summed E-state index contributed by atoms with van der Waals surface area (Å²) in [5.41, 5.74) is 2.40. The smallest absolute Gasteiger partial charge is 0.338 e. The van der Waals surface area contributed by atoms with Crippen LogP contribution in [-0.4, -0.2) is 35.3 Å². The molecule has 0 amide bonds. The number of allylic oxidation sites excluding steroid dienone is 1. The van der Waals surface area contributed by atoms with Crippen molar-refractivity contribution in [1.82, 2.24) is 4.57 Å². The number of hydrogen-bond acceptors (Lipinski definition) is 10. The molecule has 0 fully saturated rings. The lowest BCUT2D eigenvalue weighted by Gasteiger charge is -2.25. The number of esters is 1. The fourth-order valence-corrected chi connectivity index (χ4v) is 6.10. The highest BCUT2D eigenvalue weighted by Gasteiger charge is 2.34. The zero-order valence-corrected chi connectivity index (χ0v) is 26.8. The van der Waals surface area contributed by atoms with Crippen molar-refractivity contribution in [3.05, 3.63) is 124 Å². The molecule has 0 spiro atoms. The lowest BCUT2D eigenvalue weighted by atomic mass is 9.95. The summed E-state index contributed by atoms with van der Waals surface area (Å²) in [5, 5.41) is 11.0. The zero-order chi connectivity index (χ0) is 33.0. The molecule has 0 saturated heterocycles. The minimum absolute atomic E-state index is 0.00235. The number of ether oxygens (including phenoxy) is 4. The van der Waals surface area contributed by atoms with Crippen LogP contribution in [0, 0.1) is 10.1 Å². The van der Waals surface area contributed by atoms with Gasteiger partial charge in [0.1, 0.15) is 12.4 Å². The molecular weight excluding hydrogens is 610 g/mol. The van der Waals surface area contributed by atoms with Gasteiger partial charge in [0.15, 0.2) is 16.3 Å². The van der Waals surface area contributed by atoms with E-state index in [0.717, 1.165) is 5.56 Å². The van der Waals surface area contributed by atoms with Crippen molar-refractivity contribution in [2.24, 2.45) is 4.99 Å². The average molecular weight is 644 g/mol. The monoisotopic (exact) mass is 643 g/mol. The molecule has 238 valence electrons. The van der Waals surface area contributed by atoms with Gasteiger partial charge in [0, 0.05) is 17.7 Å². The molecule has 1 aliphatic heterocycles. The first kappa shape index (κ1) is 32.2. The van der Waals surface area contributed by atoms with Crippen molar-refractivity contribution in [2.75, 3.05) is 13.7 Å². The van der Waals surface area contributed by atoms with Crippen LogP contribution in [0.25, 0.3) is 6.08 Å². The molecule has 0 saturated carbocycles. The van der Waals surface area contributed by atoms with Gasteiger partial charge in [0.05, 0.1) is 46.6 Å². The Labute approximate surface area is 268 Å². The maximum atomic E-state index is 14.1. The van der Waals surface area contributed by atoms with E-state index in [-0.39, 0.29) is 36.1 Å². The van der Waals surface area contributed by atoms with E-state index in [0.29, 0.717) is 43.4 Å². The highest BCUT2D eigenvalue weighted by Crippen LogP contribution is 2.36. The number of hydrogen-bond donors (Lipinski definition) is 0. The predicted molar refractivity (Wildman–Crippen MR) is 173 cm³/mol. The van der Waals surface area contributed by atoms with Crippen LogP contribution >= 0.6 is 11.3 Å². The molecule has 1 aromatic heterocycles. The standard InChI is InChI=1S/C34H33N3O8S/c1-6-43-33(39)30-21(4)35-34-36(31(30)24-13-16-27(45-20(2)3)28(17-24)42-5)32(38)29(46-34)18-23-9-7-8-10-26(23)44-19-22-11-14-25(15-12-22)37(40)41/h7-18,20,31H,6,19H2,1-5H3/b29-18-/t31-/m0/s1. The second-order valence-electron chi connectivity index (χ2n) is 10.6. The van der Waals surface area contributed by atoms with Gasteiger partial charge in [-0.05, 0) is 75.2 Å². The van der Waals surface area contributed by atoms with Gasteiger partial charge in [-0.25, -0.2) is 9.79 Å². The molecule has 1 atom stereocenters.